The molecule has 1 fully saturated rings. The lowest BCUT2D eigenvalue weighted by Gasteiger charge is -2.30. The van der Waals surface area contributed by atoms with Crippen LogP contribution in [0.5, 0.6) is 0 Å². The standard InChI is InChI=1S/C12H17N3O3/c16-11-3-2-10(12(17)18)8-15(11)6-1-5-14-7-4-13-9-14/h4,7,9-10H,1-3,5-6,8H2,(H,17,18). The number of carbonyl (C=O) groups excluding carboxylic acids is 1. The summed E-state index contributed by atoms with van der Waals surface area (Å²) in [6.07, 6.45) is 6.95. The number of aliphatic carboxylic acids is 1. The maximum atomic E-state index is 11.7. The van der Waals surface area contributed by atoms with Crippen LogP contribution in [0.1, 0.15) is 19.3 Å². The summed E-state index contributed by atoms with van der Waals surface area (Å²) in [5.41, 5.74) is 0. The topological polar surface area (TPSA) is 75.4 Å². The summed E-state index contributed by atoms with van der Waals surface area (Å²) in [7, 11) is 0. The van der Waals surface area contributed by atoms with Crippen LogP contribution >= 0.6 is 0 Å². The van der Waals surface area contributed by atoms with Gasteiger partial charge in [-0.2, -0.15) is 0 Å². The van der Waals surface area contributed by atoms with Crippen LogP contribution in [0.2, 0.25) is 0 Å². The van der Waals surface area contributed by atoms with Crippen LogP contribution < -0.4 is 0 Å². The van der Waals surface area contributed by atoms with E-state index < -0.39 is 11.9 Å². The van der Waals surface area contributed by atoms with Crippen molar-refractivity contribution in [3.05, 3.63) is 18.7 Å². The van der Waals surface area contributed by atoms with Crippen LogP contribution in [-0.4, -0.2) is 44.5 Å². The minimum absolute atomic E-state index is 0.0677. The van der Waals surface area contributed by atoms with Gasteiger partial charge in [0.1, 0.15) is 0 Å². The van der Waals surface area contributed by atoms with Gasteiger partial charge in [-0.15, -0.1) is 0 Å². The number of carboxylic acids is 1. The molecule has 0 radical (unpaired) electrons. The second-order valence-corrected chi connectivity index (χ2v) is 4.57. The minimum atomic E-state index is -0.804. The Morgan fingerprint density at radius 2 is 2.33 bits per heavy atom. The molecule has 0 aliphatic carbocycles. The molecule has 2 rings (SSSR count). The summed E-state index contributed by atoms with van der Waals surface area (Å²) in [6.45, 7) is 1.75. The van der Waals surface area contributed by atoms with E-state index in [-0.39, 0.29) is 5.91 Å². The molecule has 1 aromatic rings. The molecule has 0 aromatic carbocycles. The largest absolute Gasteiger partial charge is 0.481 e. The molecule has 0 spiro atoms. The second-order valence-electron chi connectivity index (χ2n) is 4.57. The predicted molar refractivity (Wildman–Crippen MR) is 63.8 cm³/mol. The fourth-order valence-corrected chi connectivity index (χ4v) is 2.20. The van der Waals surface area contributed by atoms with E-state index in [2.05, 4.69) is 4.98 Å². The van der Waals surface area contributed by atoms with E-state index in [1.807, 2.05) is 10.8 Å². The average Bonchev–Trinajstić information content (AvgIpc) is 2.84. The highest BCUT2D eigenvalue weighted by Gasteiger charge is 2.29. The Balaban J connectivity index is 1.79. The average molecular weight is 251 g/mol. The number of carbonyl (C=O) groups is 2. The number of hydrogen-bond donors (Lipinski definition) is 1. The molecule has 1 N–H and O–H groups in total. The van der Waals surface area contributed by atoms with Gasteiger partial charge in [-0.05, 0) is 12.8 Å². The van der Waals surface area contributed by atoms with E-state index in [9.17, 15) is 9.59 Å². The second kappa shape index (κ2) is 5.66. The maximum absolute atomic E-state index is 11.7. The Labute approximate surface area is 105 Å². The van der Waals surface area contributed by atoms with Crippen molar-refractivity contribution in [1.29, 1.82) is 0 Å². The lowest BCUT2D eigenvalue weighted by Crippen LogP contribution is -2.43. The Kier molecular flexibility index (Phi) is 3.96. The van der Waals surface area contributed by atoms with Gasteiger partial charge in [-0.25, -0.2) is 4.98 Å². The number of likely N-dealkylation sites (tertiary alicyclic amines) is 1. The quantitative estimate of drug-likeness (QED) is 0.831. The molecule has 1 amide bonds. The lowest BCUT2D eigenvalue weighted by molar-refractivity contribution is -0.147. The first-order chi connectivity index (χ1) is 8.66. The third-order valence-corrected chi connectivity index (χ3v) is 3.25. The van der Waals surface area contributed by atoms with Crippen molar-refractivity contribution in [2.24, 2.45) is 5.92 Å². The number of aryl methyl sites for hydroxylation is 1. The van der Waals surface area contributed by atoms with Gasteiger partial charge in [-0.1, -0.05) is 0 Å². The Bertz CT molecular complexity index is 416. The minimum Gasteiger partial charge on any atom is -0.481 e. The van der Waals surface area contributed by atoms with Gasteiger partial charge >= 0.3 is 5.97 Å². The number of rotatable bonds is 5. The molecule has 1 unspecified atom stereocenters. The van der Waals surface area contributed by atoms with Crippen molar-refractivity contribution >= 4 is 11.9 Å². The smallest absolute Gasteiger partial charge is 0.308 e. The summed E-state index contributed by atoms with van der Waals surface area (Å²) in [4.78, 5) is 28.2. The summed E-state index contributed by atoms with van der Waals surface area (Å²) < 4.78 is 1.95. The van der Waals surface area contributed by atoms with Gasteiger partial charge in [0.2, 0.25) is 5.91 Å². The number of carboxylic acid groups (broad SMARTS) is 1. The zero-order valence-electron chi connectivity index (χ0n) is 10.2. The van der Waals surface area contributed by atoms with Gasteiger partial charge < -0.3 is 14.6 Å². The molecular weight excluding hydrogens is 234 g/mol. The summed E-state index contributed by atoms with van der Waals surface area (Å²) >= 11 is 0. The number of nitrogens with zero attached hydrogens (tertiary/aromatic N) is 3. The Morgan fingerprint density at radius 1 is 1.50 bits per heavy atom. The number of piperidine rings is 1. The van der Waals surface area contributed by atoms with E-state index in [0.717, 1.165) is 13.0 Å². The summed E-state index contributed by atoms with van der Waals surface area (Å²) in [5, 5.41) is 8.97. The highest BCUT2D eigenvalue weighted by molar-refractivity contribution is 5.80. The fraction of sp³-hybridized carbons (Fsp3) is 0.583. The van der Waals surface area contributed by atoms with Crippen LogP contribution in [0.15, 0.2) is 18.7 Å². The molecule has 1 atom stereocenters. The van der Waals surface area contributed by atoms with Crippen molar-refractivity contribution < 1.29 is 14.7 Å². The lowest BCUT2D eigenvalue weighted by atomic mass is 9.97. The molecule has 2 heterocycles. The third-order valence-electron chi connectivity index (χ3n) is 3.25. The molecule has 1 aliphatic rings. The van der Waals surface area contributed by atoms with Crippen molar-refractivity contribution in [2.45, 2.75) is 25.8 Å². The monoisotopic (exact) mass is 251 g/mol. The molecule has 6 heteroatoms. The van der Waals surface area contributed by atoms with Crippen LogP contribution in [0.25, 0.3) is 0 Å². The van der Waals surface area contributed by atoms with Crippen molar-refractivity contribution in [3.8, 4) is 0 Å². The van der Waals surface area contributed by atoms with Crippen LogP contribution in [0, 0.1) is 5.92 Å². The molecule has 18 heavy (non-hydrogen) atoms. The first-order valence-corrected chi connectivity index (χ1v) is 6.13. The zero-order valence-corrected chi connectivity index (χ0v) is 10.2. The molecule has 98 valence electrons. The molecule has 6 nitrogen and oxygen atoms in total. The van der Waals surface area contributed by atoms with Crippen LogP contribution in [0.4, 0.5) is 0 Å². The number of amides is 1. The van der Waals surface area contributed by atoms with Gasteiger partial charge in [0, 0.05) is 38.4 Å². The first-order valence-electron chi connectivity index (χ1n) is 6.13. The van der Waals surface area contributed by atoms with Gasteiger partial charge in [0.25, 0.3) is 0 Å². The molecule has 1 aromatic heterocycles. The molecule has 1 aliphatic heterocycles. The Hall–Kier alpha value is -1.85. The first kappa shape index (κ1) is 12.6. The predicted octanol–water partition coefficient (Wildman–Crippen LogP) is 0.596. The van der Waals surface area contributed by atoms with Crippen LogP contribution in [0.3, 0.4) is 0 Å². The van der Waals surface area contributed by atoms with E-state index in [1.165, 1.54) is 0 Å². The van der Waals surface area contributed by atoms with Gasteiger partial charge in [0.15, 0.2) is 0 Å². The highest BCUT2D eigenvalue weighted by atomic mass is 16.4. The molecular formula is C12H17N3O3. The summed E-state index contributed by atoms with van der Waals surface area (Å²) in [5.74, 6) is -1.14. The van der Waals surface area contributed by atoms with E-state index in [1.54, 1.807) is 17.4 Å². The van der Waals surface area contributed by atoms with E-state index in [4.69, 9.17) is 5.11 Å². The Morgan fingerprint density at radius 3 is 3.00 bits per heavy atom. The zero-order chi connectivity index (χ0) is 13.0. The maximum Gasteiger partial charge on any atom is 0.308 e. The van der Waals surface area contributed by atoms with Crippen LogP contribution in [-0.2, 0) is 16.1 Å². The number of hydrogen-bond acceptors (Lipinski definition) is 3. The molecule has 1 saturated heterocycles. The van der Waals surface area contributed by atoms with Crippen molar-refractivity contribution in [1.82, 2.24) is 14.5 Å². The van der Waals surface area contributed by atoms with E-state index >= 15 is 0 Å². The SMILES string of the molecule is O=C(O)C1CCC(=O)N(CCCn2ccnc2)C1. The number of aromatic nitrogens is 2. The molecule has 0 saturated carbocycles. The fourth-order valence-electron chi connectivity index (χ4n) is 2.20. The van der Waals surface area contributed by atoms with E-state index in [0.29, 0.717) is 25.9 Å². The van der Waals surface area contributed by atoms with Crippen molar-refractivity contribution in [2.75, 3.05) is 13.1 Å². The van der Waals surface area contributed by atoms with Crippen molar-refractivity contribution in [3.63, 3.8) is 0 Å². The third kappa shape index (κ3) is 3.09. The van der Waals surface area contributed by atoms with Gasteiger partial charge in [-0.3, -0.25) is 9.59 Å². The molecule has 0 bridgehead atoms. The summed E-state index contributed by atoms with van der Waals surface area (Å²) in [6, 6.07) is 0. The highest BCUT2D eigenvalue weighted by Crippen LogP contribution is 2.18. The normalized spacial score (nSPS) is 20.1. The number of imidazole rings is 1. The van der Waals surface area contributed by atoms with Gasteiger partial charge in [0.05, 0.1) is 12.2 Å².